The van der Waals surface area contributed by atoms with Crippen molar-refractivity contribution in [2.75, 3.05) is 5.73 Å². The summed E-state index contributed by atoms with van der Waals surface area (Å²) in [5.74, 6) is 0. The number of nitrogen functional groups attached to an aromatic ring is 1. The van der Waals surface area contributed by atoms with Crippen LogP contribution in [0.2, 0.25) is 0 Å². The SMILES string of the molecule is C=CCc1nc(C)sc1N. The number of aryl methyl sites for hydroxylation is 1. The Labute approximate surface area is 64.4 Å². The molecular formula is C7H10N2S. The Bertz CT molecular complexity index is 240. The maximum atomic E-state index is 5.64. The molecule has 0 aromatic carbocycles. The molecule has 0 aliphatic heterocycles. The van der Waals surface area contributed by atoms with E-state index in [0.29, 0.717) is 0 Å². The van der Waals surface area contributed by atoms with Gasteiger partial charge in [0.1, 0.15) is 5.00 Å². The van der Waals surface area contributed by atoms with Crippen molar-refractivity contribution in [3.63, 3.8) is 0 Å². The zero-order valence-corrected chi connectivity index (χ0v) is 6.74. The Morgan fingerprint density at radius 1 is 1.80 bits per heavy atom. The van der Waals surface area contributed by atoms with Crippen LogP contribution in [0.1, 0.15) is 10.7 Å². The molecule has 0 saturated heterocycles. The Hall–Kier alpha value is -0.830. The normalized spacial score (nSPS) is 9.70. The van der Waals surface area contributed by atoms with Crippen molar-refractivity contribution in [2.45, 2.75) is 13.3 Å². The number of anilines is 1. The highest BCUT2D eigenvalue weighted by Gasteiger charge is 2.01. The zero-order valence-electron chi connectivity index (χ0n) is 5.92. The van der Waals surface area contributed by atoms with E-state index in [9.17, 15) is 0 Å². The lowest BCUT2D eigenvalue weighted by atomic mass is 10.3. The van der Waals surface area contributed by atoms with Crippen LogP contribution in [0.4, 0.5) is 5.00 Å². The van der Waals surface area contributed by atoms with Gasteiger partial charge >= 0.3 is 0 Å². The molecule has 0 spiro atoms. The molecule has 2 N–H and O–H groups in total. The number of nitrogens with zero attached hydrogens (tertiary/aromatic N) is 1. The van der Waals surface area contributed by atoms with Gasteiger partial charge in [0.25, 0.3) is 0 Å². The Morgan fingerprint density at radius 2 is 2.50 bits per heavy atom. The third-order valence-corrected chi connectivity index (χ3v) is 2.01. The van der Waals surface area contributed by atoms with Crippen molar-refractivity contribution in [1.82, 2.24) is 4.98 Å². The van der Waals surface area contributed by atoms with Crippen LogP contribution in [0.5, 0.6) is 0 Å². The Kier molecular flexibility index (Phi) is 2.06. The van der Waals surface area contributed by atoms with E-state index < -0.39 is 0 Å². The number of rotatable bonds is 2. The second kappa shape index (κ2) is 2.84. The molecule has 0 fully saturated rings. The third kappa shape index (κ3) is 1.36. The Morgan fingerprint density at radius 3 is 2.90 bits per heavy atom. The summed E-state index contributed by atoms with van der Waals surface area (Å²) >= 11 is 1.53. The number of allylic oxidation sites excluding steroid dienone is 1. The van der Waals surface area contributed by atoms with E-state index in [2.05, 4.69) is 11.6 Å². The minimum absolute atomic E-state index is 0.774. The molecule has 1 aromatic heterocycles. The van der Waals surface area contributed by atoms with E-state index in [1.807, 2.05) is 13.0 Å². The van der Waals surface area contributed by atoms with E-state index in [4.69, 9.17) is 5.73 Å². The van der Waals surface area contributed by atoms with Crippen molar-refractivity contribution in [3.8, 4) is 0 Å². The smallest absolute Gasteiger partial charge is 0.110 e. The van der Waals surface area contributed by atoms with E-state index in [0.717, 1.165) is 22.1 Å². The van der Waals surface area contributed by atoms with Crippen LogP contribution >= 0.6 is 11.3 Å². The van der Waals surface area contributed by atoms with Gasteiger partial charge in [-0.25, -0.2) is 4.98 Å². The summed E-state index contributed by atoms with van der Waals surface area (Å²) in [6, 6.07) is 0. The van der Waals surface area contributed by atoms with Crippen molar-refractivity contribution >= 4 is 16.3 Å². The largest absolute Gasteiger partial charge is 0.389 e. The van der Waals surface area contributed by atoms with Crippen LogP contribution in [-0.2, 0) is 6.42 Å². The van der Waals surface area contributed by atoms with Crippen LogP contribution < -0.4 is 5.73 Å². The summed E-state index contributed by atoms with van der Waals surface area (Å²) < 4.78 is 0. The van der Waals surface area contributed by atoms with Gasteiger partial charge in [-0.1, -0.05) is 6.08 Å². The lowest BCUT2D eigenvalue weighted by Crippen LogP contribution is -1.88. The molecule has 0 aliphatic carbocycles. The second-order valence-corrected chi connectivity index (χ2v) is 3.27. The predicted molar refractivity (Wildman–Crippen MR) is 45.2 cm³/mol. The van der Waals surface area contributed by atoms with Crippen LogP contribution in [0.15, 0.2) is 12.7 Å². The number of aromatic nitrogens is 1. The summed E-state index contributed by atoms with van der Waals surface area (Å²) in [6.07, 6.45) is 2.58. The maximum absolute atomic E-state index is 5.64. The summed E-state index contributed by atoms with van der Waals surface area (Å²) in [4.78, 5) is 4.22. The molecule has 10 heavy (non-hydrogen) atoms. The highest BCUT2D eigenvalue weighted by atomic mass is 32.1. The maximum Gasteiger partial charge on any atom is 0.110 e. The van der Waals surface area contributed by atoms with Gasteiger partial charge in [0.05, 0.1) is 10.7 Å². The molecule has 1 aromatic rings. The van der Waals surface area contributed by atoms with Gasteiger partial charge in [0.15, 0.2) is 0 Å². The van der Waals surface area contributed by atoms with Gasteiger partial charge in [-0.15, -0.1) is 17.9 Å². The minimum atomic E-state index is 0.774. The van der Waals surface area contributed by atoms with Crippen LogP contribution in [0, 0.1) is 6.92 Å². The average Bonchev–Trinajstić information content (AvgIpc) is 2.13. The van der Waals surface area contributed by atoms with Gasteiger partial charge < -0.3 is 5.73 Å². The van der Waals surface area contributed by atoms with Crippen molar-refractivity contribution in [1.29, 1.82) is 0 Å². The summed E-state index contributed by atoms with van der Waals surface area (Å²) in [5, 5.41) is 1.84. The first-order valence-electron chi connectivity index (χ1n) is 3.06. The molecule has 0 aliphatic rings. The van der Waals surface area contributed by atoms with Gasteiger partial charge in [0.2, 0.25) is 0 Å². The first kappa shape index (κ1) is 7.28. The lowest BCUT2D eigenvalue weighted by Gasteiger charge is -1.87. The molecule has 54 valence electrons. The van der Waals surface area contributed by atoms with Gasteiger partial charge in [0, 0.05) is 6.42 Å². The first-order chi connectivity index (χ1) is 4.74. The molecule has 3 heteroatoms. The van der Waals surface area contributed by atoms with E-state index in [1.165, 1.54) is 11.3 Å². The molecule has 0 saturated carbocycles. The van der Waals surface area contributed by atoms with Crippen LogP contribution in [-0.4, -0.2) is 4.98 Å². The molecule has 0 amide bonds. The molecular weight excluding hydrogens is 144 g/mol. The quantitative estimate of drug-likeness (QED) is 0.659. The highest BCUT2D eigenvalue weighted by molar-refractivity contribution is 7.15. The third-order valence-electron chi connectivity index (χ3n) is 1.17. The monoisotopic (exact) mass is 154 g/mol. The molecule has 0 unspecified atom stereocenters. The van der Waals surface area contributed by atoms with Crippen LogP contribution in [0.3, 0.4) is 0 Å². The van der Waals surface area contributed by atoms with Crippen molar-refractivity contribution < 1.29 is 0 Å². The fourth-order valence-corrected chi connectivity index (χ4v) is 1.49. The zero-order chi connectivity index (χ0) is 7.56. The summed E-state index contributed by atoms with van der Waals surface area (Å²) in [6.45, 7) is 5.57. The van der Waals surface area contributed by atoms with Gasteiger partial charge in [-0.3, -0.25) is 0 Å². The second-order valence-electron chi connectivity index (χ2n) is 2.04. The molecule has 1 heterocycles. The van der Waals surface area contributed by atoms with Crippen molar-refractivity contribution in [3.05, 3.63) is 23.4 Å². The summed E-state index contributed by atoms with van der Waals surface area (Å²) in [7, 11) is 0. The number of hydrogen-bond acceptors (Lipinski definition) is 3. The molecule has 2 nitrogen and oxygen atoms in total. The lowest BCUT2D eigenvalue weighted by molar-refractivity contribution is 1.12. The van der Waals surface area contributed by atoms with Gasteiger partial charge in [-0.05, 0) is 6.92 Å². The fourth-order valence-electron chi connectivity index (χ4n) is 0.769. The van der Waals surface area contributed by atoms with E-state index >= 15 is 0 Å². The number of thiazole rings is 1. The van der Waals surface area contributed by atoms with Crippen molar-refractivity contribution in [2.24, 2.45) is 0 Å². The molecule has 0 bridgehead atoms. The van der Waals surface area contributed by atoms with Gasteiger partial charge in [-0.2, -0.15) is 0 Å². The summed E-state index contributed by atoms with van der Waals surface area (Å²) in [5.41, 5.74) is 6.59. The van der Waals surface area contributed by atoms with Crippen LogP contribution in [0.25, 0.3) is 0 Å². The minimum Gasteiger partial charge on any atom is -0.389 e. The van der Waals surface area contributed by atoms with E-state index in [-0.39, 0.29) is 0 Å². The highest BCUT2D eigenvalue weighted by Crippen LogP contribution is 2.20. The Balaban J connectivity index is 2.91. The topological polar surface area (TPSA) is 38.9 Å². The molecule has 0 radical (unpaired) electrons. The number of nitrogens with two attached hydrogens (primary N) is 1. The standard InChI is InChI=1S/C7H10N2S/c1-3-4-6-7(8)10-5(2)9-6/h3H,1,4,8H2,2H3. The molecule has 1 rings (SSSR count). The first-order valence-corrected chi connectivity index (χ1v) is 3.88. The molecule has 0 atom stereocenters. The fraction of sp³-hybridized carbons (Fsp3) is 0.286. The average molecular weight is 154 g/mol. The number of hydrogen-bond donors (Lipinski definition) is 1. The predicted octanol–water partition coefficient (Wildman–Crippen LogP) is 1.76. The van der Waals surface area contributed by atoms with E-state index in [1.54, 1.807) is 0 Å².